The van der Waals surface area contributed by atoms with Crippen LogP contribution < -0.4 is 10.2 Å². The van der Waals surface area contributed by atoms with Crippen LogP contribution in [0.2, 0.25) is 0 Å². The molecule has 5 fully saturated rings. The van der Waals surface area contributed by atoms with Gasteiger partial charge in [0.05, 0.1) is 23.9 Å². The number of benzene rings is 1. The number of nitrogens with zero attached hydrogens (tertiary/aromatic N) is 2. The quantitative estimate of drug-likeness (QED) is 0.724. The van der Waals surface area contributed by atoms with Crippen molar-refractivity contribution < 1.29 is 19.1 Å². The van der Waals surface area contributed by atoms with Crippen molar-refractivity contribution in [3.05, 3.63) is 24.3 Å². The van der Waals surface area contributed by atoms with E-state index in [4.69, 9.17) is 4.74 Å². The Morgan fingerprint density at radius 1 is 0.971 bits per heavy atom. The average Bonchev–Trinajstić information content (AvgIpc) is 2.89. The molecule has 7 rings (SSSR count). The van der Waals surface area contributed by atoms with E-state index in [0.29, 0.717) is 24.8 Å². The van der Waals surface area contributed by atoms with Crippen LogP contribution in [0.5, 0.6) is 0 Å². The molecule has 0 radical (unpaired) electrons. The molecular formula is C27H35N3O4. The largest absolute Gasteiger partial charge is 0.381 e. The van der Waals surface area contributed by atoms with Gasteiger partial charge in [-0.15, -0.1) is 0 Å². The van der Waals surface area contributed by atoms with Gasteiger partial charge in [0.1, 0.15) is 6.54 Å². The number of fused-ring (bicyclic) bond motifs is 4. The molecule has 1 spiro atoms. The molecule has 1 aromatic carbocycles. The first-order chi connectivity index (χ1) is 16.5. The van der Waals surface area contributed by atoms with Crippen molar-refractivity contribution in [3.63, 3.8) is 0 Å². The molecule has 7 nitrogen and oxygen atoms in total. The van der Waals surface area contributed by atoms with E-state index in [1.54, 1.807) is 4.90 Å². The predicted octanol–water partition coefficient (Wildman–Crippen LogP) is 3.59. The minimum Gasteiger partial charge on any atom is -0.381 e. The SMILES string of the molecule is O=C1CN(C(=O)C2COCCC23CCN(C(=O)C24CCC(CC2)CC4)CC3)c2ccccc2N1. The van der Waals surface area contributed by atoms with Crippen molar-refractivity contribution in [2.24, 2.45) is 22.7 Å². The molecule has 3 aliphatic carbocycles. The summed E-state index contributed by atoms with van der Waals surface area (Å²) in [6.07, 6.45) is 9.31. The van der Waals surface area contributed by atoms with Crippen molar-refractivity contribution >= 4 is 29.1 Å². The van der Waals surface area contributed by atoms with Crippen molar-refractivity contribution in [2.45, 2.75) is 57.8 Å². The highest BCUT2D eigenvalue weighted by Gasteiger charge is 2.52. The first-order valence-electron chi connectivity index (χ1n) is 13.1. The van der Waals surface area contributed by atoms with Gasteiger partial charge in [-0.3, -0.25) is 14.4 Å². The number of amides is 3. The Morgan fingerprint density at radius 2 is 1.68 bits per heavy atom. The molecule has 3 amide bonds. The lowest BCUT2D eigenvalue weighted by Gasteiger charge is -2.52. The van der Waals surface area contributed by atoms with E-state index < -0.39 is 0 Å². The minimum absolute atomic E-state index is 0.0222. The van der Waals surface area contributed by atoms with Crippen molar-refractivity contribution in [3.8, 4) is 0 Å². The first-order valence-corrected chi connectivity index (χ1v) is 13.1. The van der Waals surface area contributed by atoms with E-state index >= 15 is 0 Å². The van der Waals surface area contributed by atoms with E-state index in [0.717, 1.165) is 63.2 Å². The summed E-state index contributed by atoms with van der Waals surface area (Å²) < 4.78 is 5.82. The number of ether oxygens (including phenoxy) is 1. The number of hydrogen-bond donors (Lipinski definition) is 1. The second kappa shape index (κ2) is 8.36. The molecular weight excluding hydrogens is 430 g/mol. The molecule has 1 aromatic rings. The number of carbonyl (C=O) groups excluding carboxylic acids is 3. The summed E-state index contributed by atoms with van der Waals surface area (Å²) in [6, 6.07) is 7.49. The Labute approximate surface area is 201 Å². The van der Waals surface area contributed by atoms with Gasteiger partial charge in [0.2, 0.25) is 17.7 Å². The summed E-state index contributed by atoms with van der Waals surface area (Å²) in [4.78, 5) is 43.6. The van der Waals surface area contributed by atoms with E-state index in [-0.39, 0.29) is 35.1 Å². The number of hydrogen-bond acceptors (Lipinski definition) is 4. The van der Waals surface area contributed by atoms with Gasteiger partial charge in [0.15, 0.2) is 0 Å². The van der Waals surface area contributed by atoms with Crippen LogP contribution in [0.4, 0.5) is 11.4 Å². The Balaban J connectivity index is 1.20. The van der Waals surface area contributed by atoms with Gasteiger partial charge in [-0.2, -0.15) is 0 Å². The van der Waals surface area contributed by atoms with Crippen LogP contribution in [0.25, 0.3) is 0 Å². The monoisotopic (exact) mass is 465 g/mol. The summed E-state index contributed by atoms with van der Waals surface area (Å²) >= 11 is 0. The normalized spacial score (nSPS) is 32.3. The highest BCUT2D eigenvalue weighted by molar-refractivity contribution is 6.10. The van der Waals surface area contributed by atoms with Crippen molar-refractivity contribution in [1.29, 1.82) is 0 Å². The highest BCUT2D eigenvalue weighted by atomic mass is 16.5. The molecule has 3 heterocycles. The lowest BCUT2D eigenvalue weighted by molar-refractivity contribution is -0.155. The standard InChI is InChI=1S/C27H35N3O4/c31-23-17-30(22-4-2-1-3-21(22)28-23)24(32)20-18-34-16-13-26(20)11-14-29(15-12-26)25(33)27-8-5-19(6-9-27)7-10-27/h1-4,19-20H,5-18H2,(H,28,31). The molecule has 1 unspecified atom stereocenters. The third-order valence-electron chi connectivity index (χ3n) is 9.70. The molecule has 2 bridgehead atoms. The molecule has 6 aliphatic rings. The zero-order valence-corrected chi connectivity index (χ0v) is 19.9. The van der Waals surface area contributed by atoms with Gasteiger partial charge in [0.25, 0.3) is 0 Å². The Morgan fingerprint density at radius 3 is 2.41 bits per heavy atom. The van der Waals surface area contributed by atoms with Gasteiger partial charge in [-0.05, 0) is 81.3 Å². The van der Waals surface area contributed by atoms with Crippen LogP contribution in [0.1, 0.15) is 57.8 Å². The number of para-hydroxylation sites is 2. The Bertz CT molecular complexity index is 978. The molecule has 3 saturated carbocycles. The van der Waals surface area contributed by atoms with Crippen molar-refractivity contribution in [1.82, 2.24) is 4.90 Å². The average molecular weight is 466 g/mol. The van der Waals surface area contributed by atoms with Gasteiger partial charge < -0.3 is 19.9 Å². The number of carbonyl (C=O) groups is 3. The van der Waals surface area contributed by atoms with E-state index in [9.17, 15) is 14.4 Å². The van der Waals surface area contributed by atoms with Gasteiger partial charge in [0, 0.05) is 25.1 Å². The molecule has 1 atom stereocenters. The van der Waals surface area contributed by atoms with Gasteiger partial charge in [-0.25, -0.2) is 0 Å². The summed E-state index contributed by atoms with van der Waals surface area (Å²) in [5, 5.41) is 2.87. The molecule has 3 aliphatic heterocycles. The maximum atomic E-state index is 13.9. The smallest absolute Gasteiger partial charge is 0.244 e. The fourth-order valence-electron chi connectivity index (χ4n) is 7.44. The van der Waals surface area contributed by atoms with Gasteiger partial charge >= 0.3 is 0 Å². The van der Waals surface area contributed by atoms with Crippen LogP contribution in [-0.4, -0.2) is 55.5 Å². The summed E-state index contributed by atoms with van der Waals surface area (Å²) in [7, 11) is 0. The maximum Gasteiger partial charge on any atom is 0.244 e. The Hall–Kier alpha value is -2.41. The van der Waals surface area contributed by atoms with Crippen LogP contribution in [0.15, 0.2) is 24.3 Å². The summed E-state index contributed by atoms with van der Waals surface area (Å²) in [5.74, 6) is 0.735. The minimum atomic E-state index is -0.291. The topological polar surface area (TPSA) is 79.0 Å². The number of rotatable bonds is 2. The van der Waals surface area contributed by atoms with E-state index in [1.165, 1.54) is 19.3 Å². The van der Waals surface area contributed by atoms with Crippen LogP contribution in [-0.2, 0) is 19.1 Å². The molecule has 7 heteroatoms. The lowest BCUT2D eigenvalue weighted by atomic mass is 9.59. The molecule has 1 N–H and O–H groups in total. The molecule has 0 aromatic heterocycles. The zero-order valence-electron chi connectivity index (χ0n) is 19.9. The van der Waals surface area contributed by atoms with Gasteiger partial charge in [-0.1, -0.05) is 12.1 Å². The highest BCUT2D eigenvalue weighted by Crippen LogP contribution is 2.52. The molecule has 34 heavy (non-hydrogen) atoms. The van der Waals surface area contributed by atoms with E-state index in [2.05, 4.69) is 10.2 Å². The maximum absolute atomic E-state index is 13.9. The third kappa shape index (κ3) is 3.55. The predicted molar refractivity (Wildman–Crippen MR) is 128 cm³/mol. The van der Waals surface area contributed by atoms with Crippen LogP contribution in [0, 0.1) is 22.7 Å². The second-order valence-corrected chi connectivity index (χ2v) is 11.3. The fraction of sp³-hybridized carbons (Fsp3) is 0.667. The number of nitrogens with one attached hydrogen (secondary N) is 1. The van der Waals surface area contributed by atoms with E-state index in [1.807, 2.05) is 24.3 Å². The molecule has 182 valence electrons. The first kappa shape index (κ1) is 22.1. The Kier molecular flexibility index (Phi) is 5.43. The number of piperidine rings is 1. The third-order valence-corrected chi connectivity index (χ3v) is 9.70. The zero-order chi connectivity index (χ0) is 23.3. The van der Waals surface area contributed by atoms with Crippen LogP contribution >= 0.6 is 0 Å². The van der Waals surface area contributed by atoms with Crippen LogP contribution in [0.3, 0.4) is 0 Å². The van der Waals surface area contributed by atoms with Crippen molar-refractivity contribution in [2.75, 3.05) is 43.1 Å². The number of anilines is 2. The number of likely N-dealkylation sites (tertiary alicyclic amines) is 1. The fourth-order valence-corrected chi connectivity index (χ4v) is 7.44. The summed E-state index contributed by atoms with van der Waals surface area (Å²) in [5.41, 5.74) is 1.15. The summed E-state index contributed by atoms with van der Waals surface area (Å²) in [6.45, 7) is 2.53. The second-order valence-electron chi connectivity index (χ2n) is 11.3. The molecule has 2 saturated heterocycles. The lowest BCUT2D eigenvalue weighted by Crippen LogP contribution is -2.57.